The summed E-state index contributed by atoms with van der Waals surface area (Å²) in [6.45, 7) is -0.629. The number of alkyl halides is 1. The van der Waals surface area contributed by atoms with Crippen LogP contribution in [0.3, 0.4) is 0 Å². The number of aliphatic carboxylic acids is 1. The SMILES string of the molecule is O=C(O)Cc1nc(CF)cs1. The van der Waals surface area contributed by atoms with Crippen molar-refractivity contribution in [2.24, 2.45) is 0 Å². The molecular weight excluding hydrogens is 169 g/mol. The van der Waals surface area contributed by atoms with Crippen LogP contribution in [0.5, 0.6) is 0 Å². The number of hydrogen-bond donors (Lipinski definition) is 1. The van der Waals surface area contributed by atoms with Gasteiger partial charge in [-0.3, -0.25) is 4.79 Å². The molecule has 0 aliphatic rings. The average Bonchev–Trinajstić information content (AvgIpc) is 2.34. The molecule has 0 aliphatic heterocycles. The Kier molecular flexibility index (Phi) is 2.53. The predicted molar refractivity (Wildman–Crippen MR) is 38.3 cm³/mol. The molecule has 1 heterocycles. The van der Waals surface area contributed by atoms with Crippen LogP contribution in [0.1, 0.15) is 10.7 Å². The first-order chi connectivity index (χ1) is 5.22. The van der Waals surface area contributed by atoms with Crippen molar-refractivity contribution >= 4 is 17.3 Å². The normalized spacial score (nSPS) is 9.91. The van der Waals surface area contributed by atoms with E-state index in [9.17, 15) is 9.18 Å². The Morgan fingerprint density at radius 2 is 2.55 bits per heavy atom. The summed E-state index contributed by atoms with van der Waals surface area (Å²) in [5.41, 5.74) is 0.311. The third-order valence-corrected chi connectivity index (χ3v) is 1.94. The van der Waals surface area contributed by atoms with Crippen molar-refractivity contribution in [2.75, 3.05) is 0 Å². The van der Waals surface area contributed by atoms with E-state index < -0.39 is 12.6 Å². The number of carbonyl (C=O) groups is 1. The van der Waals surface area contributed by atoms with Gasteiger partial charge in [0.1, 0.15) is 11.7 Å². The van der Waals surface area contributed by atoms with Crippen molar-refractivity contribution in [3.63, 3.8) is 0 Å². The molecule has 0 saturated carbocycles. The molecule has 3 nitrogen and oxygen atoms in total. The van der Waals surface area contributed by atoms with E-state index in [4.69, 9.17) is 5.11 Å². The molecule has 0 saturated heterocycles. The van der Waals surface area contributed by atoms with Crippen molar-refractivity contribution in [2.45, 2.75) is 13.1 Å². The number of hydrogen-bond acceptors (Lipinski definition) is 3. The molecule has 11 heavy (non-hydrogen) atoms. The van der Waals surface area contributed by atoms with Crippen LogP contribution in [-0.4, -0.2) is 16.1 Å². The van der Waals surface area contributed by atoms with Crippen LogP contribution in [0, 0.1) is 0 Å². The number of carboxylic acid groups (broad SMARTS) is 1. The highest BCUT2D eigenvalue weighted by Gasteiger charge is 2.05. The number of nitrogens with zero attached hydrogens (tertiary/aromatic N) is 1. The van der Waals surface area contributed by atoms with Crippen LogP contribution in [0.4, 0.5) is 4.39 Å². The van der Waals surface area contributed by atoms with Crippen LogP contribution in [0.15, 0.2) is 5.38 Å². The molecule has 0 radical (unpaired) electrons. The smallest absolute Gasteiger partial charge is 0.310 e. The molecule has 5 heteroatoms. The lowest BCUT2D eigenvalue weighted by atomic mass is 10.4. The molecule has 0 amide bonds. The van der Waals surface area contributed by atoms with Crippen LogP contribution < -0.4 is 0 Å². The van der Waals surface area contributed by atoms with Crippen molar-refractivity contribution in [3.05, 3.63) is 16.1 Å². The average molecular weight is 175 g/mol. The second kappa shape index (κ2) is 3.43. The van der Waals surface area contributed by atoms with E-state index in [2.05, 4.69) is 4.98 Å². The third-order valence-electron chi connectivity index (χ3n) is 1.04. The van der Waals surface area contributed by atoms with Gasteiger partial charge in [0.05, 0.1) is 12.1 Å². The highest BCUT2D eigenvalue weighted by atomic mass is 32.1. The quantitative estimate of drug-likeness (QED) is 0.751. The first kappa shape index (κ1) is 8.13. The Morgan fingerprint density at radius 1 is 1.82 bits per heavy atom. The third kappa shape index (κ3) is 2.27. The molecule has 0 aromatic carbocycles. The predicted octanol–water partition coefficient (Wildman–Crippen LogP) is 1.24. The zero-order valence-electron chi connectivity index (χ0n) is 5.58. The Labute approximate surface area is 66.5 Å². The molecule has 1 N–H and O–H groups in total. The van der Waals surface area contributed by atoms with E-state index in [0.717, 1.165) is 0 Å². The highest BCUT2D eigenvalue weighted by Crippen LogP contribution is 2.10. The first-order valence-corrected chi connectivity index (χ1v) is 3.81. The fraction of sp³-hybridized carbons (Fsp3) is 0.333. The maximum Gasteiger partial charge on any atom is 0.310 e. The standard InChI is InChI=1S/C6H6FNO2S/c7-2-4-3-11-5(8-4)1-6(9)10/h3H,1-2H2,(H,9,10). The van der Waals surface area contributed by atoms with Gasteiger partial charge in [-0.05, 0) is 0 Å². The number of aromatic nitrogens is 1. The van der Waals surface area contributed by atoms with Gasteiger partial charge in [-0.15, -0.1) is 11.3 Å². The molecule has 60 valence electrons. The second-order valence-electron chi connectivity index (χ2n) is 1.94. The molecule has 0 spiro atoms. The van der Waals surface area contributed by atoms with Crippen LogP contribution in [-0.2, 0) is 17.9 Å². The van der Waals surface area contributed by atoms with E-state index in [1.807, 2.05) is 0 Å². The van der Waals surface area contributed by atoms with E-state index in [1.54, 1.807) is 0 Å². The zero-order valence-corrected chi connectivity index (χ0v) is 6.40. The minimum atomic E-state index is -0.940. The topological polar surface area (TPSA) is 50.2 Å². The first-order valence-electron chi connectivity index (χ1n) is 2.93. The van der Waals surface area contributed by atoms with Crippen LogP contribution in [0.2, 0.25) is 0 Å². The van der Waals surface area contributed by atoms with Gasteiger partial charge < -0.3 is 5.11 Å². The van der Waals surface area contributed by atoms with Crippen molar-refractivity contribution in [3.8, 4) is 0 Å². The van der Waals surface area contributed by atoms with Gasteiger partial charge in [-0.25, -0.2) is 9.37 Å². The summed E-state index contributed by atoms with van der Waals surface area (Å²) < 4.78 is 11.9. The van der Waals surface area contributed by atoms with Crippen molar-refractivity contribution in [1.29, 1.82) is 0 Å². The lowest BCUT2D eigenvalue weighted by Gasteiger charge is -1.85. The number of carboxylic acids is 1. The molecule has 1 aromatic heterocycles. The maximum atomic E-state index is 11.9. The minimum absolute atomic E-state index is 0.120. The summed E-state index contributed by atoms with van der Waals surface area (Å²) >= 11 is 1.17. The number of rotatable bonds is 3. The summed E-state index contributed by atoms with van der Waals surface area (Å²) in [6, 6.07) is 0. The lowest BCUT2D eigenvalue weighted by Crippen LogP contribution is -1.99. The second-order valence-corrected chi connectivity index (χ2v) is 2.88. The zero-order chi connectivity index (χ0) is 8.27. The summed E-state index contributed by atoms with van der Waals surface area (Å²) in [7, 11) is 0. The molecule has 0 atom stereocenters. The molecular formula is C6H6FNO2S. The molecule has 1 rings (SSSR count). The summed E-state index contributed by atoms with van der Waals surface area (Å²) in [5, 5.41) is 10.3. The van der Waals surface area contributed by atoms with Crippen LogP contribution in [0.25, 0.3) is 0 Å². The summed E-state index contributed by atoms with van der Waals surface area (Å²) in [6.07, 6.45) is -0.120. The van der Waals surface area contributed by atoms with Crippen molar-refractivity contribution < 1.29 is 14.3 Å². The molecule has 0 aliphatic carbocycles. The lowest BCUT2D eigenvalue weighted by molar-refractivity contribution is -0.136. The molecule has 0 bridgehead atoms. The van der Waals surface area contributed by atoms with Gasteiger partial charge >= 0.3 is 5.97 Å². The number of thiazole rings is 1. The van der Waals surface area contributed by atoms with Gasteiger partial charge in [0.15, 0.2) is 0 Å². The van der Waals surface area contributed by atoms with E-state index >= 15 is 0 Å². The summed E-state index contributed by atoms with van der Waals surface area (Å²) in [4.78, 5) is 13.9. The van der Waals surface area contributed by atoms with E-state index in [-0.39, 0.29) is 6.42 Å². The maximum absolute atomic E-state index is 11.9. The highest BCUT2D eigenvalue weighted by molar-refractivity contribution is 7.09. The monoisotopic (exact) mass is 175 g/mol. The number of halogens is 1. The summed E-state index contributed by atoms with van der Waals surface area (Å²) in [5.74, 6) is -0.940. The van der Waals surface area contributed by atoms with Gasteiger partial charge in [0, 0.05) is 5.38 Å². The van der Waals surface area contributed by atoms with Gasteiger partial charge in [0.25, 0.3) is 0 Å². The Balaban J connectivity index is 2.65. The fourth-order valence-electron chi connectivity index (χ4n) is 0.621. The van der Waals surface area contributed by atoms with Gasteiger partial charge in [-0.2, -0.15) is 0 Å². The molecule has 0 fully saturated rings. The van der Waals surface area contributed by atoms with E-state index in [0.29, 0.717) is 10.7 Å². The largest absolute Gasteiger partial charge is 0.481 e. The van der Waals surface area contributed by atoms with E-state index in [1.165, 1.54) is 16.7 Å². The Hall–Kier alpha value is -0.970. The van der Waals surface area contributed by atoms with Crippen LogP contribution >= 0.6 is 11.3 Å². The Bertz CT molecular complexity index is 261. The molecule has 0 unspecified atom stereocenters. The van der Waals surface area contributed by atoms with Crippen molar-refractivity contribution in [1.82, 2.24) is 4.98 Å². The fourth-order valence-corrected chi connectivity index (χ4v) is 1.39. The van der Waals surface area contributed by atoms with Gasteiger partial charge in [0.2, 0.25) is 0 Å². The van der Waals surface area contributed by atoms with Gasteiger partial charge in [-0.1, -0.05) is 0 Å². The minimum Gasteiger partial charge on any atom is -0.481 e. The molecule has 1 aromatic rings. The Morgan fingerprint density at radius 3 is 3.00 bits per heavy atom.